The number of carboxylic acid groups (broad SMARTS) is 1. The third-order valence-corrected chi connectivity index (χ3v) is 3.46. The number of benzene rings is 1. The van der Waals surface area contributed by atoms with Crippen LogP contribution in [0.15, 0.2) is 12.1 Å². The summed E-state index contributed by atoms with van der Waals surface area (Å²) in [5.74, 6) is -3.45. The number of hydrogen-bond acceptors (Lipinski definition) is 5. The molecule has 0 atom stereocenters. The molecule has 112 valence electrons. The van der Waals surface area contributed by atoms with E-state index < -0.39 is 40.4 Å². The monoisotopic (exact) mass is 295 g/mol. The van der Waals surface area contributed by atoms with Crippen LogP contribution in [0.3, 0.4) is 0 Å². The van der Waals surface area contributed by atoms with Crippen molar-refractivity contribution in [2.45, 2.75) is 19.4 Å². The standard InChI is InChI=1S/C13H14FN3O4/c1-13(2)12(21)16-8(18)5-17(13)7-4-3-6(14)10(15)9(7)11(19)20/h3-4H,5,15H2,1-2H3,(H,19,20)(H,16,18,21). The normalized spacial score (nSPS) is 17.6. The highest BCUT2D eigenvalue weighted by atomic mass is 19.1. The van der Waals surface area contributed by atoms with Gasteiger partial charge in [0.2, 0.25) is 5.91 Å². The summed E-state index contributed by atoms with van der Waals surface area (Å²) < 4.78 is 13.5. The number of carbonyl (C=O) groups excluding carboxylic acids is 2. The molecule has 2 amide bonds. The van der Waals surface area contributed by atoms with Gasteiger partial charge < -0.3 is 15.7 Å². The van der Waals surface area contributed by atoms with E-state index in [0.29, 0.717) is 0 Å². The first-order valence-corrected chi connectivity index (χ1v) is 6.09. The van der Waals surface area contributed by atoms with Crippen LogP contribution in [0.2, 0.25) is 0 Å². The molecule has 0 radical (unpaired) electrons. The Morgan fingerprint density at radius 3 is 2.62 bits per heavy atom. The van der Waals surface area contributed by atoms with Crippen LogP contribution in [0.5, 0.6) is 0 Å². The van der Waals surface area contributed by atoms with Gasteiger partial charge in [-0.3, -0.25) is 14.9 Å². The number of piperazine rings is 1. The van der Waals surface area contributed by atoms with E-state index in [2.05, 4.69) is 5.32 Å². The molecule has 1 aromatic rings. The van der Waals surface area contributed by atoms with E-state index >= 15 is 0 Å². The average molecular weight is 295 g/mol. The molecular weight excluding hydrogens is 281 g/mol. The third-order valence-electron chi connectivity index (χ3n) is 3.46. The SMILES string of the molecule is CC1(C)C(=O)NC(=O)CN1c1ccc(F)c(N)c1C(=O)O. The van der Waals surface area contributed by atoms with Gasteiger partial charge in [0.05, 0.1) is 17.9 Å². The summed E-state index contributed by atoms with van der Waals surface area (Å²) >= 11 is 0. The van der Waals surface area contributed by atoms with Crippen LogP contribution in [0, 0.1) is 5.82 Å². The molecule has 2 rings (SSSR count). The number of amides is 2. The highest BCUT2D eigenvalue weighted by Crippen LogP contribution is 2.33. The molecule has 8 heteroatoms. The van der Waals surface area contributed by atoms with Crippen LogP contribution in [0.1, 0.15) is 24.2 Å². The first-order chi connectivity index (χ1) is 9.66. The zero-order chi connectivity index (χ0) is 15.9. The van der Waals surface area contributed by atoms with E-state index in [0.717, 1.165) is 6.07 Å². The molecule has 0 saturated carbocycles. The first-order valence-electron chi connectivity index (χ1n) is 6.09. The number of nitrogens with one attached hydrogen (secondary N) is 1. The molecule has 0 aliphatic carbocycles. The number of carboxylic acids is 1. The van der Waals surface area contributed by atoms with E-state index in [9.17, 15) is 23.9 Å². The molecule has 0 spiro atoms. The minimum Gasteiger partial charge on any atom is -0.478 e. The van der Waals surface area contributed by atoms with Crippen molar-refractivity contribution >= 4 is 29.2 Å². The summed E-state index contributed by atoms with van der Waals surface area (Å²) in [6, 6.07) is 2.20. The molecule has 4 N–H and O–H groups in total. The van der Waals surface area contributed by atoms with Gasteiger partial charge >= 0.3 is 5.97 Å². The lowest BCUT2D eigenvalue weighted by Gasteiger charge is -2.42. The largest absolute Gasteiger partial charge is 0.478 e. The maximum atomic E-state index is 13.5. The van der Waals surface area contributed by atoms with E-state index in [4.69, 9.17) is 5.73 Å². The number of anilines is 2. The van der Waals surface area contributed by atoms with E-state index in [1.165, 1.54) is 24.8 Å². The Bertz CT molecular complexity index is 657. The molecule has 1 saturated heterocycles. The molecule has 1 fully saturated rings. The minimum atomic E-state index is -1.43. The summed E-state index contributed by atoms with van der Waals surface area (Å²) in [6.45, 7) is 2.82. The molecule has 1 aliphatic heterocycles. The van der Waals surface area contributed by atoms with Crippen molar-refractivity contribution in [3.8, 4) is 0 Å². The Hall–Kier alpha value is -2.64. The van der Waals surface area contributed by atoms with Gasteiger partial charge in [-0.05, 0) is 26.0 Å². The zero-order valence-corrected chi connectivity index (χ0v) is 11.4. The first kappa shape index (κ1) is 14.8. The number of aromatic carboxylic acids is 1. The van der Waals surface area contributed by atoms with Gasteiger partial charge in [-0.15, -0.1) is 0 Å². The number of rotatable bonds is 2. The van der Waals surface area contributed by atoms with Crippen LogP contribution in [-0.2, 0) is 9.59 Å². The van der Waals surface area contributed by atoms with Crippen molar-refractivity contribution in [3.63, 3.8) is 0 Å². The Morgan fingerprint density at radius 2 is 2.05 bits per heavy atom. The number of hydrogen-bond donors (Lipinski definition) is 3. The second kappa shape index (κ2) is 4.72. The molecule has 1 heterocycles. The van der Waals surface area contributed by atoms with E-state index in [-0.39, 0.29) is 12.2 Å². The molecule has 0 unspecified atom stereocenters. The Morgan fingerprint density at radius 1 is 1.43 bits per heavy atom. The predicted octanol–water partition coefficient (Wildman–Crippen LogP) is 0.348. The highest BCUT2D eigenvalue weighted by Gasteiger charge is 2.42. The molecule has 21 heavy (non-hydrogen) atoms. The molecule has 0 aromatic heterocycles. The quantitative estimate of drug-likeness (QED) is 0.536. The molecule has 1 aliphatic rings. The second-order valence-electron chi connectivity index (χ2n) is 5.18. The number of nitrogen functional groups attached to an aromatic ring is 1. The maximum Gasteiger partial charge on any atom is 0.340 e. The van der Waals surface area contributed by atoms with Gasteiger partial charge in [0.15, 0.2) is 0 Å². The van der Waals surface area contributed by atoms with Crippen LogP contribution in [-0.4, -0.2) is 35.0 Å². The number of nitrogens with two attached hydrogens (primary N) is 1. The Labute approximate surface area is 119 Å². The summed E-state index contributed by atoms with van der Waals surface area (Å²) in [5, 5.41) is 11.4. The minimum absolute atomic E-state index is 0.0228. The second-order valence-corrected chi connectivity index (χ2v) is 5.18. The Balaban J connectivity index is 2.65. The number of carbonyl (C=O) groups is 3. The fourth-order valence-electron chi connectivity index (χ4n) is 2.20. The van der Waals surface area contributed by atoms with Gasteiger partial charge in [0.1, 0.15) is 16.9 Å². The molecule has 7 nitrogen and oxygen atoms in total. The highest BCUT2D eigenvalue weighted by molar-refractivity contribution is 6.09. The number of nitrogens with zero attached hydrogens (tertiary/aromatic N) is 1. The fraction of sp³-hybridized carbons (Fsp3) is 0.308. The Kier molecular flexibility index (Phi) is 3.32. The van der Waals surface area contributed by atoms with Crippen molar-refractivity contribution in [1.82, 2.24) is 5.32 Å². The summed E-state index contributed by atoms with van der Waals surface area (Å²) in [4.78, 5) is 36.1. The summed E-state index contributed by atoms with van der Waals surface area (Å²) in [6.07, 6.45) is 0. The van der Waals surface area contributed by atoms with E-state index in [1.54, 1.807) is 0 Å². The third kappa shape index (κ3) is 2.28. The van der Waals surface area contributed by atoms with Gasteiger partial charge in [0, 0.05) is 0 Å². The number of halogens is 1. The molecular formula is C13H14FN3O4. The smallest absolute Gasteiger partial charge is 0.340 e. The van der Waals surface area contributed by atoms with Gasteiger partial charge in [-0.2, -0.15) is 0 Å². The molecule has 0 bridgehead atoms. The lowest BCUT2D eigenvalue weighted by molar-refractivity contribution is -0.135. The lowest BCUT2D eigenvalue weighted by atomic mass is 9.96. The van der Waals surface area contributed by atoms with Crippen molar-refractivity contribution in [2.75, 3.05) is 17.2 Å². The van der Waals surface area contributed by atoms with Gasteiger partial charge in [-0.25, -0.2) is 9.18 Å². The maximum absolute atomic E-state index is 13.5. The van der Waals surface area contributed by atoms with Crippen LogP contribution >= 0.6 is 0 Å². The van der Waals surface area contributed by atoms with Crippen molar-refractivity contribution < 1.29 is 23.9 Å². The van der Waals surface area contributed by atoms with Crippen molar-refractivity contribution in [1.29, 1.82) is 0 Å². The predicted molar refractivity (Wildman–Crippen MR) is 72.3 cm³/mol. The van der Waals surface area contributed by atoms with Gasteiger partial charge in [-0.1, -0.05) is 0 Å². The van der Waals surface area contributed by atoms with E-state index in [1.807, 2.05) is 0 Å². The zero-order valence-electron chi connectivity index (χ0n) is 11.4. The van der Waals surface area contributed by atoms with Crippen LogP contribution in [0.4, 0.5) is 15.8 Å². The lowest BCUT2D eigenvalue weighted by Crippen LogP contribution is -2.64. The van der Waals surface area contributed by atoms with Crippen LogP contribution in [0.25, 0.3) is 0 Å². The van der Waals surface area contributed by atoms with Crippen molar-refractivity contribution in [3.05, 3.63) is 23.5 Å². The summed E-state index contributed by atoms with van der Waals surface area (Å²) in [5.41, 5.74) is 3.33. The van der Waals surface area contributed by atoms with Gasteiger partial charge in [0.25, 0.3) is 5.91 Å². The fourth-order valence-corrected chi connectivity index (χ4v) is 2.20. The van der Waals surface area contributed by atoms with Crippen LogP contribution < -0.4 is 16.0 Å². The average Bonchev–Trinajstić information content (AvgIpc) is 2.37. The topological polar surface area (TPSA) is 113 Å². The van der Waals surface area contributed by atoms with Crippen molar-refractivity contribution in [2.24, 2.45) is 0 Å². The number of imide groups is 1. The molecule has 1 aromatic carbocycles. The summed E-state index contributed by atoms with van der Waals surface area (Å²) in [7, 11) is 0.